The largest absolute Gasteiger partial charge is 0.469 e. The molecule has 0 aromatic heterocycles. The van der Waals surface area contributed by atoms with E-state index in [2.05, 4.69) is 5.32 Å². The Kier molecular flexibility index (Phi) is 6.88. The van der Waals surface area contributed by atoms with Crippen LogP contribution in [0.4, 0.5) is 18.0 Å². The summed E-state index contributed by atoms with van der Waals surface area (Å²) < 4.78 is 46.8. The van der Waals surface area contributed by atoms with Crippen molar-refractivity contribution in [3.05, 3.63) is 0 Å². The standard InChI is InChI=1S/C15H25F3N2O4/c1-14(2,3)24-13(22)20-8-10(12(21)23-4)7-11(9-20)19-6-5-15(16,17)18/h10-11,19H,5-9H2,1-4H3/t10-,11+/m1/s1. The molecule has 0 bridgehead atoms. The molecule has 2 atom stereocenters. The Labute approximate surface area is 139 Å². The number of hydrogen-bond donors (Lipinski definition) is 1. The van der Waals surface area contributed by atoms with E-state index in [1.165, 1.54) is 12.0 Å². The summed E-state index contributed by atoms with van der Waals surface area (Å²) in [6, 6.07) is -0.433. The van der Waals surface area contributed by atoms with Crippen molar-refractivity contribution >= 4 is 12.1 Å². The predicted octanol–water partition coefficient (Wildman–Crippen LogP) is 2.33. The van der Waals surface area contributed by atoms with Crippen LogP contribution in [0.5, 0.6) is 0 Å². The zero-order valence-electron chi connectivity index (χ0n) is 14.4. The summed E-state index contributed by atoms with van der Waals surface area (Å²) >= 11 is 0. The molecule has 0 aromatic rings. The van der Waals surface area contributed by atoms with E-state index in [0.717, 1.165) is 0 Å². The maximum absolute atomic E-state index is 12.3. The first-order valence-corrected chi connectivity index (χ1v) is 7.77. The van der Waals surface area contributed by atoms with E-state index in [-0.39, 0.29) is 19.6 Å². The summed E-state index contributed by atoms with van der Waals surface area (Å²) in [5.74, 6) is -1.09. The molecule has 24 heavy (non-hydrogen) atoms. The van der Waals surface area contributed by atoms with Crippen LogP contribution >= 0.6 is 0 Å². The van der Waals surface area contributed by atoms with Gasteiger partial charge in [-0.1, -0.05) is 0 Å². The quantitative estimate of drug-likeness (QED) is 0.785. The van der Waals surface area contributed by atoms with Crippen LogP contribution in [-0.2, 0) is 14.3 Å². The zero-order chi connectivity index (χ0) is 18.5. The maximum Gasteiger partial charge on any atom is 0.410 e. The Bertz CT molecular complexity index is 449. The predicted molar refractivity (Wildman–Crippen MR) is 80.4 cm³/mol. The fourth-order valence-electron chi connectivity index (χ4n) is 2.48. The molecule has 1 saturated heterocycles. The number of esters is 1. The number of halogens is 3. The summed E-state index contributed by atoms with van der Waals surface area (Å²) in [5.41, 5.74) is -0.700. The normalized spacial score (nSPS) is 22.2. The number of carbonyl (C=O) groups is 2. The van der Waals surface area contributed by atoms with Gasteiger partial charge < -0.3 is 19.7 Å². The fourth-order valence-corrected chi connectivity index (χ4v) is 2.48. The molecule has 140 valence electrons. The average Bonchev–Trinajstić information content (AvgIpc) is 2.43. The van der Waals surface area contributed by atoms with Crippen LogP contribution in [0, 0.1) is 5.92 Å². The Morgan fingerprint density at radius 3 is 2.33 bits per heavy atom. The van der Waals surface area contributed by atoms with Gasteiger partial charge in [0.2, 0.25) is 0 Å². The van der Waals surface area contributed by atoms with Gasteiger partial charge in [0, 0.05) is 25.7 Å². The van der Waals surface area contributed by atoms with Crippen LogP contribution in [0.25, 0.3) is 0 Å². The third kappa shape index (κ3) is 7.37. The molecule has 1 heterocycles. The smallest absolute Gasteiger partial charge is 0.410 e. The molecule has 6 nitrogen and oxygen atoms in total. The Morgan fingerprint density at radius 1 is 1.21 bits per heavy atom. The Morgan fingerprint density at radius 2 is 1.83 bits per heavy atom. The number of nitrogens with one attached hydrogen (secondary N) is 1. The number of alkyl halides is 3. The topological polar surface area (TPSA) is 67.9 Å². The van der Waals surface area contributed by atoms with Crippen LogP contribution in [0.2, 0.25) is 0 Å². The van der Waals surface area contributed by atoms with Crippen LogP contribution in [-0.4, -0.2) is 61.5 Å². The number of amides is 1. The third-order valence-corrected chi connectivity index (χ3v) is 3.48. The van der Waals surface area contributed by atoms with Gasteiger partial charge in [0.05, 0.1) is 19.4 Å². The van der Waals surface area contributed by atoms with Crippen molar-refractivity contribution in [3.63, 3.8) is 0 Å². The first-order valence-electron chi connectivity index (χ1n) is 7.77. The van der Waals surface area contributed by atoms with Crippen molar-refractivity contribution in [2.45, 2.75) is 51.4 Å². The van der Waals surface area contributed by atoms with Crippen LogP contribution in [0.3, 0.4) is 0 Å². The lowest BCUT2D eigenvalue weighted by Gasteiger charge is -2.37. The molecule has 1 amide bonds. The highest BCUT2D eigenvalue weighted by Gasteiger charge is 2.36. The first-order chi connectivity index (χ1) is 10.9. The number of hydrogen-bond acceptors (Lipinski definition) is 5. The van der Waals surface area contributed by atoms with Gasteiger partial charge in [-0.15, -0.1) is 0 Å². The SMILES string of the molecule is COC(=O)[C@@H]1C[C@H](NCCC(F)(F)F)CN(C(=O)OC(C)(C)C)C1. The molecule has 1 fully saturated rings. The van der Waals surface area contributed by atoms with Crippen molar-refractivity contribution in [1.29, 1.82) is 0 Å². The van der Waals surface area contributed by atoms with Gasteiger partial charge in [-0.25, -0.2) is 4.79 Å². The van der Waals surface area contributed by atoms with Crippen molar-refractivity contribution in [3.8, 4) is 0 Å². The number of ether oxygens (including phenoxy) is 2. The highest BCUT2D eigenvalue weighted by molar-refractivity contribution is 5.75. The number of nitrogens with zero attached hydrogens (tertiary/aromatic N) is 1. The summed E-state index contributed by atoms with van der Waals surface area (Å²) in [5, 5.41) is 2.76. The molecule has 0 aromatic carbocycles. The number of carbonyl (C=O) groups excluding carboxylic acids is 2. The van der Waals surface area contributed by atoms with Crippen LogP contribution < -0.4 is 5.32 Å². The van der Waals surface area contributed by atoms with Crippen molar-refractivity contribution in [1.82, 2.24) is 10.2 Å². The van der Waals surface area contributed by atoms with Gasteiger partial charge in [0.25, 0.3) is 0 Å². The minimum absolute atomic E-state index is 0.124. The Balaban J connectivity index is 2.71. The molecule has 1 rings (SSSR count). The summed E-state index contributed by atoms with van der Waals surface area (Å²) in [4.78, 5) is 25.3. The van der Waals surface area contributed by atoms with Gasteiger partial charge in [-0.05, 0) is 27.2 Å². The molecular formula is C15H25F3N2O4. The van der Waals surface area contributed by atoms with E-state index < -0.39 is 42.2 Å². The van der Waals surface area contributed by atoms with Crippen LogP contribution in [0.15, 0.2) is 0 Å². The van der Waals surface area contributed by atoms with E-state index >= 15 is 0 Å². The van der Waals surface area contributed by atoms with Gasteiger partial charge in [0.1, 0.15) is 5.60 Å². The summed E-state index contributed by atoms with van der Waals surface area (Å²) in [7, 11) is 1.24. The second-order valence-corrected chi connectivity index (χ2v) is 6.86. The second kappa shape index (κ2) is 8.04. The molecule has 1 N–H and O–H groups in total. The number of methoxy groups -OCH3 is 1. The molecule has 0 aliphatic carbocycles. The van der Waals surface area contributed by atoms with Gasteiger partial charge in [0.15, 0.2) is 0 Å². The first kappa shape index (κ1) is 20.5. The Hall–Kier alpha value is -1.51. The minimum Gasteiger partial charge on any atom is -0.469 e. The van der Waals surface area contributed by atoms with E-state index in [4.69, 9.17) is 9.47 Å². The molecular weight excluding hydrogens is 329 g/mol. The highest BCUT2D eigenvalue weighted by Crippen LogP contribution is 2.22. The number of likely N-dealkylation sites (tertiary alicyclic amines) is 1. The summed E-state index contributed by atoms with van der Waals surface area (Å²) in [6.45, 7) is 5.17. The lowest BCUT2D eigenvalue weighted by atomic mass is 9.94. The molecule has 0 spiro atoms. The fraction of sp³-hybridized carbons (Fsp3) is 0.867. The molecule has 9 heteroatoms. The zero-order valence-corrected chi connectivity index (χ0v) is 14.4. The average molecular weight is 354 g/mol. The molecule has 1 aliphatic heterocycles. The minimum atomic E-state index is -4.26. The molecule has 0 unspecified atom stereocenters. The summed E-state index contributed by atoms with van der Waals surface area (Å²) in [6.07, 6.45) is -5.52. The number of rotatable bonds is 4. The van der Waals surface area contributed by atoms with E-state index in [1.807, 2.05) is 0 Å². The lowest BCUT2D eigenvalue weighted by Crippen LogP contribution is -2.54. The van der Waals surface area contributed by atoms with E-state index in [1.54, 1.807) is 20.8 Å². The molecule has 1 aliphatic rings. The van der Waals surface area contributed by atoms with E-state index in [9.17, 15) is 22.8 Å². The van der Waals surface area contributed by atoms with Crippen molar-refractivity contribution in [2.24, 2.45) is 5.92 Å². The van der Waals surface area contributed by atoms with Gasteiger partial charge in [-0.3, -0.25) is 4.79 Å². The number of piperidine rings is 1. The van der Waals surface area contributed by atoms with E-state index in [0.29, 0.717) is 6.42 Å². The molecule has 0 saturated carbocycles. The lowest BCUT2D eigenvalue weighted by molar-refractivity contribution is -0.148. The van der Waals surface area contributed by atoms with Crippen molar-refractivity contribution in [2.75, 3.05) is 26.7 Å². The second-order valence-electron chi connectivity index (χ2n) is 6.86. The van der Waals surface area contributed by atoms with Crippen LogP contribution in [0.1, 0.15) is 33.6 Å². The van der Waals surface area contributed by atoms with Crippen molar-refractivity contribution < 1.29 is 32.2 Å². The molecule has 0 radical (unpaired) electrons. The van der Waals surface area contributed by atoms with Gasteiger partial charge in [-0.2, -0.15) is 13.2 Å². The third-order valence-electron chi connectivity index (χ3n) is 3.48. The monoisotopic (exact) mass is 354 g/mol. The van der Waals surface area contributed by atoms with Gasteiger partial charge >= 0.3 is 18.2 Å². The highest BCUT2D eigenvalue weighted by atomic mass is 19.4. The maximum atomic E-state index is 12.3.